The molecule has 2 rings (SSSR count). The van der Waals surface area contributed by atoms with E-state index in [0.29, 0.717) is 6.54 Å². The smallest absolute Gasteiger partial charge is 0.315 e. The molecule has 1 heterocycles. The number of hydrogen-bond donors (Lipinski definition) is 2. The Balaban J connectivity index is 1.65. The first-order valence-corrected chi connectivity index (χ1v) is 9.59. The van der Waals surface area contributed by atoms with Gasteiger partial charge in [-0.15, -0.1) is 0 Å². The Morgan fingerprint density at radius 2 is 1.96 bits per heavy atom. The van der Waals surface area contributed by atoms with Gasteiger partial charge in [-0.25, -0.2) is 4.79 Å². The molecule has 1 aromatic rings. The molecule has 146 valence electrons. The summed E-state index contributed by atoms with van der Waals surface area (Å²) in [4.78, 5) is 17.0. The van der Waals surface area contributed by atoms with E-state index in [1.54, 1.807) is 7.11 Å². The Morgan fingerprint density at radius 1 is 1.23 bits per heavy atom. The fraction of sp³-hybridized carbons (Fsp3) is 0.650. The van der Waals surface area contributed by atoms with Crippen LogP contribution in [0.1, 0.15) is 36.9 Å². The number of methoxy groups -OCH3 is 1. The molecule has 1 saturated heterocycles. The summed E-state index contributed by atoms with van der Waals surface area (Å²) < 4.78 is 5.40. The summed E-state index contributed by atoms with van der Waals surface area (Å²) in [7, 11) is 3.83. The molecule has 1 aliphatic heterocycles. The van der Waals surface area contributed by atoms with Gasteiger partial charge in [0.2, 0.25) is 0 Å². The highest BCUT2D eigenvalue weighted by molar-refractivity contribution is 5.74. The third-order valence-corrected chi connectivity index (χ3v) is 4.98. The molecular weight excluding hydrogens is 328 g/mol. The molecule has 1 aliphatic rings. The van der Waals surface area contributed by atoms with Crippen molar-refractivity contribution in [1.82, 2.24) is 20.4 Å². The summed E-state index contributed by atoms with van der Waals surface area (Å²) in [5.41, 5.74) is 2.15. The molecule has 2 N–H and O–H groups in total. The Morgan fingerprint density at radius 3 is 2.65 bits per heavy atom. The molecule has 0 aliphatic carbocycles. The van der Waals surface area contributed by atoms with Crippen molar-refractivity contribution < 1.29 is 9.53 Å². The Bertz CT molecular complexity index is 571. The number of benzene rings is 1. The number of likely N-dealkylation sites (N-methyl/N-ethyl adjacent to an activating group) is 1. The lowest BCUT2D eigenvalue weighted by Gasteiger charge is -2.32. The van der Waals surface area contributed by atoms with Gasteiger partial charge in [0.05, 0.1) is 13.2 Å². The van der Waals surface area contributed by atoms with E-state index in [1.165, 1.54) is 0 Å². The average Bonchev–Trinajstić information content (AvgIpc) is 2.63. The van der Waals surface area contributed by atoms with Crippen LogP contribution in [0.4, 0.5) is 4.79 Å². The van der Waals surface area contributed by atoms with E-state index < -0.39 is 0 Å². The van der Waals surface area contributed by atoms with E-state index >= 15 is 0 Å². The molecule has 1 atom stereocenters. The number of unbranched alkanes of at least 4 members (excludes halogenated alkanes) is 1. The molecule has 0 spiro atoms. The fourth-order valence-corrected chi connectivity index (χ4v) is 3.25. The zero-order valence-electron chi connectivity index (χ0n) is 16.7. The molecule has 1 fully saturated rings. The van der Waals surface area contributed by atoms with Gasteiger partial charge in [0.25, 0.3) is 0 Å². The SMILES string of the molecule is COc1ccc(C)cc1[C@@H](C)NC(=O)NCCCCN1CCN(C)CC1. The first kappa shape index (κ1) is 20.5. The Labute approximate surface area is 157 Å². The third-order valence-electron chi connectivity index (χ3n) is 4.98. The first-order valence-electron chi connectivity index (χ1n) is 9.59. The van der Waals surface area contributed by atoms with Crippen LogP contribution >= 0.6 is 0 Å². The maximum Gasteiger partial charge on any atom is 0.315 e. The minimum absolute atomic E-state index is 0.102. The zero-order chi connectivity index (χ0) is 18.9. The molecule has 6 heteroatoms. The maximum absolute atomic E-state index is 12.1. The van der Waals surface area contributed by atoms with Crippen LogP contribution in [-0.4, -0.2) is 69.3 Å². The lowest BCUT2D eigenvalue weighted by molar-refractivity contribution is 0.152. The standard InChI is InChI=1S/C20H34N4O2/c1-16-7-8-19(26-4)18(15-16)17(2)22-20(25)21-9-5-6-10-24-13-11-23(3)12-14-24/h7-8,15,17H,5-6,9-14H2,1-4H3,(H2,21,22,25)/t17-/m1/s1. The number of amides is 2. The molecule has 0 unspecified atom stereocenters. The summed E-state index contributed by atoms with van der Waals surface area (Å²) in [5, 5.41) is 5.96. The van der Waals surface area contributed by atoms with E-state index in [0.717, 1.165) is 62.4 Å². The van der Waals surface area contributed by atoms with Gasteiger partial charge in [-0.2, -0.15) is 0 Å². The summed E-state index contributed by atoms with van der Waals surface area (Å²) in [6.45, 7) is 10.5. The number of carbonyl (C=O) groups excluding carboxylic acids is 1. The number of ether oxygens (including phenoxy) is 1. The summed E-state index contributed by atoms with van der Waals surface area (Å²) >= 11 is 0. The number of nitrogens with zero attached hydrogens (tertiary/aromatic N) is 2. The monoisotopic (exact) mass is 362 g/mol. The first-order chi connectivity index (χ1) is 12.5. The molecule has 26 heavy (non-hydrogen) atoms. The van der Waals surface area contributed by atoms with Crippen molar-refractivity contribution >= 4 is 6.03 Å². The van der Waals surface area contributed by atoms with Crippen LogP contribution in [0, 0.1) is 6.92 Å². The second-order valence-corrected chi connectivity index (χ2v) is 7.22. The van der Waals surface area contributed by atoms with Crippen molar-refractivity contribution in [1.29, 1.82) is 0 Å². The molecule has 0 aromatic heterocycles. The molecule has 2 amide bonds. The molecule has 0 radical (unpaired) electrons. The van der Waals surface area contributed by atoms with E-state index in [-0.39, 0.29) is 12.1 Å². The average molecular weight is 363 g/mol. The number of aryl methyl sites for hydroxylation is 1. The number of nitrogens with one attached hydrogen (secondary N) is 2. The number of carbonyl (C=O) groups is 1. The summed E-state index contributed by atoms with van der Waals surface area (Å²) in [5.74, 6) is 0.801. The van der Waals surface area contributed by atoms with Crippen molar-refractivity contribution in [3.05, 3.63) is 29.3 Å². The van der Waals surface area contributed by atoms with Crippen LogP contribution < -0.4 is 15.4 Å². The maximum atomic E-state index is 12.1. The van der Waals surface area contributed by atoms with Gasteiger partial charge in [-0.3, -0.25) is 0 Å². The lowest BCUT2D eigenvalue weighted by atomic mass is 10.0. The number of rotatable bonds is 8. The largest absolute Gasteiger partial charge is 0.496 e. The van der Waals surface area contributed by atoms with E-state index in [9.17, 15) is 4.79 Å². The third kappa shape index (κ3) is 6.50. The molecule has 0 saturated carbocycles. The van der Waals surface area contributed by atoms with E-state index in [1.807, 2.05) is 26.0 Å². The Hall–Kier alpha value is -1.79. The molecule has 0 bridgehead atoms. The van der Waals surface area contributed by atoms with Gasteiger partial charge in [0.15, 0.2) is 0 Å². The number of urea groups is 1. The second kappa shape index (κ2) is 10.4. The van der Waals surface area contributed by atoms with Crippen LogP contribution in [0.15, 0.2) is 18.2 Å². The van der Waals surface area contributed by atoms with E-state index in [4.69, 9.17) is 4.74 Å². The van der Waals surface area contributed by atoms with Crippen LogP contribution in [-0.2, 0) is 0 Å². The minimum atomic E-state index is -0.124. The molecule has 6 nitrogen and oxygen atoms in total. The number of piperazine rings is 1. The highest BCUT2D eigenvalue weighted by atomic mass is 16.5. The van der Waals surface area contributed by atoms with Crippen LogP contribution in [0.2, 0.25) is 0 Å². The summed E-state index contributed by atoms with van der Waals surface area (Å²) in [6.07, 6.45) is 2.12. The topological polar surface area (TPSA) is 56.8 Å². The van der Waals surface area contributed by atoms with Crippen molar-refractivity contribution in [2.45, 2.75) is 32.7 Å². The van der Waals surface area contributed by atoms with Gasteiger partial charge >= 0.3 is 6.03 Å². The zero-order valence-corrected chi connectivity index (χ0v) is 16.7. The van der Waals surface area contributed by atoms with Crippen molar-refractivity contribution in [2.24, 2.45) is 0 Å². The molecule has 1 aromatic carbocycles. The van der Waals surface area contributed by atoms with Crippen LogP contribution in [0.5, 0.6) is 5.75 Å². The van der Waals surface area contributed by atoms with Gasteiger partial charge in [0.1, 0.15) is 5.75 Å². The van der Waals surface area contributed by atoms with Gasteiger partial charge in [0, 0.05) is 38.3 Å². The lowest BCUT2D eigenvalue weighted by Crippen LogP contribution is -2.44. The normalized spacial score (nSPS) is 16.9. The van der Waals surface area contributed by atoms with Crippen LogP contribution in [0.25, 0.3) is 0 Å². The Kier molecular flexibility index (Phi) is 8.19. The number of hydrogen-bond acceptors (Lipinski definition) is 4. The van der Waals surface area contributed by atoms with Crippen molar-refractivity contribution in [3.8, 4) is 5.75 Å². The highest BCUT2D eigenvalue weighted by Crippen LogP contribution is 2.25. The minimum Gasteiger partial charge on any atom is -0.496 e. The quantitative estimate of drug-likeness (QED) is 0.697. The highest BCUT2D eigenvalue weighted by Gasteiger charge is 2.15. The predicted octanol–water partition coefficient (Wildman–Crippen LogP) is 2.39. The van der Waals surface area contributed by atoms with E-state index in [2.05, 4.69) is 33.5 Å². The van der Waals surface area contributed by atoms with Crippen molar-refractivity contribution in [3.63, 3.8) is 0 Å². The second-order valence-electron chi connectivity index (χ2n) is 7.22. The van der Waals surface area contributed by atoms with Gasteiger partial charge in [-0.05, 0) is 46.3 Å². The van der Waals surface area contributed by atoms with Crippen molar-refractivity contribution in [2.75, 3.05) is 53.4 Å². The predicted molar refractivity (Wildman–Crippen MR) is 106 cm³/mol. The van der Waals surface area contributed by atoms with Gasteiger partial charge < -0.3 is 25.2 Å². The summed E-state index contributed by atoms with van der Waals surface area (Å²) in [6, 6.07) is 5.78. The van der Waals surface area contributed by atoms with Crippen LogP contribution in [0.3, 0.4) is 0 Å². The van der Waals surface area contributed by atoms with Gasteiger partial charge in [-0.1, -0.05) is 17.7 Å². The fourth-order valence-electron chi connectivity index (χ4n) is 3.25. The molecular formula is C20H34N4O2.